The zero-order chi connectivity index (χ0) is 15.4. The second-order valence-corrected chi connectivity index (χ2v) is 6.64. The van der Waals surface area contributed by atoms with Crippen LogP contribution in [0.2, 0.25) is 0 Å². The highest BCUT2D eigenvalue weighted by atomic mass is 79.9. The van der Waals surface area contributed by atoms with Gasteiger partial charge in [-0.25, -0.2) is 8.78 Å². The predicted octanol–water partition coefficient (Wildman–Crippen LogP) is 5.21. The van der Waals surface area contributed by atoms with E-state index in [0.29, 0.717) is 13.0 Å². The fourth-order valence-electron chi connectivity index (χ4n) is 2.05. The summed E-state index contributed by atoms with van der Waals surface area (Å²) < 4.78 is 29.2. The summed E-state index contributed by atoms with van der Waals surface area (Å²) in [7, 11) is 0. The number of nitrogens with one attached hydrogen (secondary N) is 1. The molecule has 1 N–H and O–H groups in total. The van der Waals surface area contributed by atoms with Gasteiger partial charge in [0.25, 0.3) is 0 Å². The molecule has 0 fully saturated rings. The van der Waals surface area contributed by atoms with Gasteiger partial charge in [-0.2, -0.15) is 0 Å². The minimum atomic E-state index is -0.491. The zero-order valence-corrected chi connectivity index (χ0v) is 14.6. The molecule has 1 nitrogen and oxygen atoms in total. The molecule has 0 aliphatic rings. The van der Waals surface area contributed by atoms with E-state index >= 15 is 0 Å². The molecule has 2 rings (SSSR count). The lowest BCUT2D eigenvalue weighted by Gasteiger charge is -2.15. The molecule has 112 valence electrons. The van der Waals surface area contributed by atoms with E-state index in [4.69, 9.17) is 0 Å². The van der Waals surface area contributed by atoms with Crippen LogP contribution in [0, 0.1) is 11.6 Å². The lowest BCUT2D eigenvalue weighted by atomic mass is 10.1. The Morgan fingerprint density at radius 1 is 1.05 bits per heavy atom. The van der Waals surface area contributed by atoms with Crippen molar-refractivity contribution in [3.05, 3.63) is 68.1 Å². The highest BCUT2D eigenvalue weighted by Crippen LogP contribution is 2.23. The summed E-state index contributed by atoms with van der Waals surface area (Å²) in [4.78, 5) is 0. The van der Waals surface area contributed by atoms with Crippen LogP contribution in [0.4, 0.5) is 8.78 Å². The summed E-state index contributed by atoms with van der Waals surface area (Å²) in [6.07, 6.45) is 0.316. The van der Waals surface area contributed by atoms with Crippen molar-refractivity contribution in [3.63, 3.8) is 0 Å². The Balaban J connectivity index is 1.96. The molecule has 0 aromatic heterocycles. The van der Waals surface area contributed by atoms with Gasteiger partial charge in [0.2, 0.25) is 0 Å². The van der Waals surface area contributed by atoms with Crippen LogP contribution < -0.4 is 5.32 Å². The molecule has 0 aliphatic carbocycles. The fraction of sp³-hybridized carbons (Fsp3) is 0.250. The van der Waals surface area contributed by atoms with Gasteiger partial charge in [-0.05, 0) is 75.0 Å². The molecule has 5 heteroatoms. The van der Waals surface area contributed by atoms with Crippen LogP contribution in [-0.2, 0) is 13.0 Å². The van der Waals surface area contributed by atoms with Crippen LogP contribution in [0.5, 0.6) is 0 Å². The van der Waals surface area contributed by atoms with Crippen LogP contribution in [0.1, 0.15) is 18.1 Å². The molecular formula is C16H15Br2F2N. The van der Waals surface area contributed by atoms with Crippen molar-refractivity contribution in [2.75, 3.05) is 0 Å². The van der Waals surface area contributed by atoms with Crippen LogP contribution in [0.15, 0.2) is 45.3 Å². The topological polar surface area (TPSA) is 12.0 Å². The number of rotatable bonds is 5. The Hall–Kier alpha value is -0.780. The van der Waals surface area contributed by atoms with E-state index in [2.05, 4.69) is 37.2 Å². The van der Waals surface area contributed by atoms with Gasteiger partial charge < -0.3 is 5.32 Å². The second-order valence-electron chi connectivity index (χ2n) is 4.93. The average Bonchev–Trinajstić information content (AvgIpc) is 2.44. The first-order valence-corrected chi connectivity index (χ1v) is 8.16. The summed E-state index contributed by atoms with van der Waals surface area (Å²) in [6.45, 7) is 2.56. The standard InChI is InChI=1S/C16H15Br2F2N/c1-10(7-12-15(19)3-2-4-16(12)20)21-9-11-5-6-13(17)14(18)8-11/h2-6,8,10,21H,7,9H2,1H3. The molecule has 0 amide bonds. The van der Waals surface area contributed by atoms with E-state index < -0.39 is 11.6 Å². The minimum absolute atomic E-state index is 0.0289. The van der Waals surface area contributed by atoms with Crippen LogP contribution in [0.3, 0.4) is 0 Å². The first-order valence-electron chi connectivity index (χ1n) is 6.57. The smallest absolute Gasteiger partial charge is 0.129 e. The van der Waals surface area contributed by atoms with Gasteiger partial charge in [-0.1, -0.05) is 12.1 Å². The maximum Gasteiger partial charge on any atom is 0.129 e. The Bertz CT molecular complexity index is 611. The average molecular weight is 419 g/mol. The quantitative estimate of drug-likeness (QED) is 0.702. The Morgan fingerprint density at radius 2 is 1.71 bits per heavy atom. The largest absolute Gasteiger partial charge is 0.310 e. The van der Waals surface area contributed by atoms with Crippen molar-refractivity contribution in [2.45, 2.75) is 25.9 Å². The van der Waals surface area contributed by atoms with Crippen molar-refractivity contribution in [1.29, 1.82) is 0 Å². The predicted molar refractivity (Wildman–Crippen MR) is 88.2 cm³/mol. The van der Waals surface area contributed by atoms with Crippen molar-refractivity contribution in [2.24, 2.45) is 0 Å². The third-order valence-electron chi connectivity index (χ3n) is 3.21. The summed E-state index contributed by atoms with van der Waals surface area (Å²) in [5, 5.41) is 3.28. The number of halogens is 4. The summed E-state index contributed by atoms with van der Waals surface area (Å²) in [6, 6.07) is 9.90. The van der Waals surface area contributed by atoms with Gasteiger partial charge in [0, 0.05) is 27.1 Å². The maximum atomic E-state index is 13.6. The SMILES string of the molecule is CC(Cc1c(F)cccc1F)NCc1ccc(Br)c(Br)c1. The summed E-state index contributed by atoms with van der Waals surface area (Å²) in [5.41, 5.74) is 1.24. The maximum absolute atomic E-state index is 13.6. The normalized spacial score (nSPS) is 12.4. The molecule has 0 radical (unpaired) electrons. The van der Waals surface area contributed by atoms with Crippen molar-refractivity contribution < 1.29 is 8.78 Å². The van der Waals surface area contributed by atoms with Gasteiger partial charge in [0.05, 0.1) is 0 Å². The van der Waals surface area contributed by atoms with Crippen LogP contribution in [0.25, 0.3) is 0 Å². The third kappa shape index (κ3) is 4.59. The zero-order valence-electron chi connectivity index (χ0n) is 11.5. The molecule has 21 heavy (non-hydrogen) atoms. The molecule has 0 heterocycles. The van der Waals surface area contributed by atoms with Gasteiger partial charge >= 0.3 is 0 Å². The fourth-order valence-corrected chi connectivity index (χ4v) is 2.72. The van der Waals surface area contributed by atoms with E-state index in [1.54, 1.807) is 0 Å². The number of hydrogen-bond acceptors (Lipinski definition) is 1. The highest BCUT2D eigenvalue weighted by Gasteiger charge is 2.12. The minimum Gasteiger partial charge on any atom is -0.310 e. The lowest BCUT2D eigenvalue weighted by molar-refractivity contribution is 0.499. The molecular weight excluding hydrogens is 404 g/mol. The molecule has 1 atom stereocenters. The third-order valence-corrected chi connectivity index (χ3v) is 5.09. The van der Waals surface area contributed by atoms with Crippen LogP contribution in [-0.4, -0.2) is 6.04 Å². The Kier molecular flexibility index (Phi) is 5.90. The van der Waals surface area contributed by atoms with E-state index in [9.17, 15) is 8.78 Å². The molecule has 2 aromatic carbocycles. The van der Waals surface area contributed by atoms with Crippen molar-refractivity contribution in [3.8, 4) is 0 Å². The van der Waals surface area contributed by atoms with Crippen molar-refractivity contribution >= 4 is 31.9 Å². The molecule has 0 saturated carbocycles. The Labute approximate surface area is 140 Å². The second kappa shape index (κ2) is 7.47. The van der Waals surface area contributed by atoms with Crippen LogP contribution >= 0.6 is 31.9 Å². The van der Waals surface area contributed by atoms with Gasteiger partial charge in [-0.3, -0.25) is 0 Å². The molecule has 0 bridgehead atoms. The van der Waals surface area contributed by atoms with E-state index in [1.165, 1.54) is 18.2 Å². The highest BCUT2D eigenvalue weighted by molar-refractivity contribution is 9.13. The van der Waals surface area contributed by atoms with E-state index in [1.807, 2.05) is 25.1 Å². The van der Waals surface area contributed by atoms with E-state index in [0.717, 1.165) is 14.5 Å². The van der Waals surface area contributed by atoms with Gasteiger partial charge in [-0.15, -0.1) is 0 Å². The first kappa shape index (κ1) is 16.6. The van der Waals surface area contributed by atoms with E-state index in [-0.39, 0.29) is 11.6 Å². The molecule has 1 unspecified atom stereocenters. The first-order chi connectivity index (χ1) is 9.97. The number of benzene rings is 2. The molecule has 0 saturated heterocycles. The molecule has 2 aromatic rings. The Morgan fingerprint density at radius 3 is 2.33 bits per heavy atom. The summed E-state index contributed by atoms with van der Waals surface area (Å²) >= 11 is 6.87. The van der Waals surface area contributed by atoms with Gasteiger partial charge in [0.1, 0.15) is 11.6 Å². The molecule has 0 aliphatic heterocycles. The lowest BCUT2D eigenvalue weighted by Crippen LogP contribution is -2.28. The number of hydrogen-bond donors (Lipinski definition) is 1. The molecule has 0 spiro atoms. The van der Waals surface area contributed by atoms with Crippen molar-refractivity contribution in [1.82, 2.24) is 5.32 Å². The van der Waals surface area contributed by atoms with Gasteiger partial charge in [0.15, 0.2) is 0 Å². The monoisotopic (exact) mass is 417 g/mol. The summed E-state index contributed by atoms with van der Waals surface area (Å²) in [5.74, 6) is -0.981.